The average molecular weight is 363 g/mol. The number of esters is 1. The van der Waals surface area contributed by atoms with E-state index < -0.39 is 16.0 Å². The second-order valence-corrected chi connectivity index (χ2v) is 7.71. The van der Waals surface area contributed by atoms with Crippen LogP contribution in [0.15, 0.2) is 53.4 Å². The number of ether oxygens (including phenoxy) is 2. The highest BCUT2D eigenvalue weighted by atomic mass is 32.2. The van der Waals surface area contributed by atoms with Gasteiger partial charge < -0.3 is 9.47 Å². The Bertz CT molecular complexity index is 829. The Morgan fingerprint density at radius 3 is 2.24 bits per heavy atom. The number of rotatable bonds is 7. The Kier molecular flexibility index (Phi) is 6.17. The van der Waals surface area contributed by atoms with E-state index in [1.165, 1.54) is 38.4 Å². The largest absolute Gasteiger partial charge is 0.490 e. The Balaban J connectivity index is 1.88. The maximum Gasteiger partial charge on any atom is 0.338 e. The lowest BCUT2D eigenvalue weighted by Crippen LogP contribution is -2.22. The van der Waals surface area contributed by atoms with Gasteiger partial charge in [0.15, 0.2) is 0 Å². The minimum Gasteiger partial charge on any atom is -0.490 e. The van der Waals surface area contributed by atoms with Crippen molar-refractivity contribution in [2.45, 2.75) is 11.8 Å². The third-order valence-corrected chi connectivity index (χ3v) is 5.37. The minimum absolute atomic E-state index is 0.102. The van der Waals surface area contributed by atoms with Gasteiger partial charge in [0, 0.05) is 14.1 Å². The van der Waals surface area contributed by atoms with Crippen molar-refractivity contribution in [1.29, 1.82) is 0 Å². The molecule has 2 aromatic carbocycles. The van der Waals surface area contributed by atoms with Gasteiger partial charge in [-0.3, -0.25) is 0 Å². The molecule has 0 saturated carbocycles. The maximum atomic E-state index is 12.0. The number of carbonyl (C=O) groups is 1. The fraction of sp³-hybridized carbons (Fsp3) is 0.278. The van der Waals surface area contributed by atoms with Crippen LogP contribution in [-0.2, 0) is 14.8 Å². The molecule has 6 nitrogen and oxygen atoms in total. The van der Waals surface area contributed by atoms with Crippen LogP contribution in [0.2, 0.25) is 0 Å². The number of carbonyl (C=O) groups excluding carboxylic acids is 1. The Morgan fingerprint density at radius 1 is 1.00 bits per heavy atom. The van der Waals surface area contributed by atoms with Crippen LogP contribution in [0.4, 0.5) is 0 Å². The third kappa shape index (κ3) is 4.80. The van der Waals surface area contributed by atoms with E-state index >= 15 is 0 Å². The van der Waals surface area contributed by atoms with Crippen LogP contribution in [0.1, 0.15) is 15.9 Å². The first-order valence-corrected chi connectivity index (χ1v) is 9.14. The first-order valence-electron chi connectivity index (χ1n) is 7.70. The number of hydrogen-bond acceptors (Lipinski definition) is 5. The standard InChI is InChI=1S/C18H21NO5S/c1-14-6-4-5-7-17(14)23-12-13-24-18(20)15-8-10-16(11-9-15)25(21,22)19(2)3/h4-11H,12-13H2,1-3H3. The summed E-state index contributed by atoms with van der Waals surface area (Å²) in [4.78, 5) is 12.1. The summed E-state index contributed by atoms with van der Waals surface area (Å²) in [5, 5.41) is 0. The molecule has 0 fully saturated rings. The van der Waals surface area contributed by atoms with Crippen LogP contribution in [0.25, 0.3) is 0 Å². The summed E-state index contributed by atoms with van der Waals surface area (Å²) < 4.78 is 35.8. The minimum atomic E-state index is -3.51. The van der Waals surface area contributed by atoms with Crippen LogP contribution in [0.3, 0.4) is 0 Å². The molecule has 0 saturated heterocycles. The summed E-state index contributed by atoms with van der Waals surface area (Å²) >= 11 is 0. The number of hydrogen-bond donors (Lipinski definition) is 0. The van der Waals surface area contributed by atoms with Crippen molar-refractivity contribution in [1.82, 2.24) is 4.31 Å². The molecule has 0 amide bonds. The fourth-order valence-corrected chi connectivity index (χ4v) is 2.96. The number of nitrogens with zero attached hydrogens (tertiary/aromatic N) is 1. The van der Waals surface area contributed by atoms with Gasteiger partial charge in [-0.15, -0.1) is 0 Å². The van der Waals surface area contributed by atoms with Crippen LogP contribution >= 0.6 is 0 Å². The second kappa shape index (κ2) is 8.13. The van der Waals surface area contributed by atoms with Crippen molar-refractivity contribution < 1.29 is 22.7 Å². The molecule has 2 aromatic rings. The maximum absolute atomic E-state index is 12.0. The van der Waals surface area contributed by atoms with Crippen molar-refractivity contribution in [2.24, 2.45) is 0 Å². The zero-order valence-corrected chi connectivity index (χ0v) is 15.2. The van der Waals surface area contributed by atoms with Crippen molar-refractivity contribution >= 4 is 16.0 Å². The van der Waals surface area contributed by atoms with Crippen LogP contribution in [0, 0.1) is 6.92 Å². The van der Waals surface area contributed by atoms with Gasteiger partial charge in [-0.1, -0.05) is 18.2 Å². The average Bonchev–Trinajstić information content (AvgIpc) is 2.60. The van der Waals surface area contributed by atoms with E-state index in [9.17, 15) is 13.2 Å². The van der Waals surface area contributed by atoms with E-state index in [1.54, 1.807) is 0 Å². The zero-order chi connectivity index (χ0) is 18.4. The highest BCUT2D eigenvalue weighted by Gasteiger charge is 2.17. The summed E-state index contributed by atoms with van der Waals surface area (Å²) in [7, 11) is -0.613. The van der Waals surface area contributed by atoms with E-state index in [2.05, 4.69) is 0 Å². The number of sulfonamides is 1. The Labute approximate surface area is 148 Å². The zero-order valence-electron chi connectivity index (χ0n) is 14.4. The molecular weight excluding hydrogens is 342 g/mol. The van der Waals surface area contributed by atoms with Crippen molar-refractivity contribution in [3.8, 4) is 5.75 Å². The predicted molar refractivity (Wildman–Crippen MR) is 94.3 cm³/mol. The molecule has 0 unspecified atom stereocenters. The predicted octanol–water partition coefficient (Wildman–Crippen LogP) is 2.48. The second-order valence-electron chi connectivity index (χ2n) is 5.56. The summed E-state index contributed by atoms with van der Waals surface area (Å²) in [5.41, 5.74) is 1.29. The van der Waals surface area contributed by atoms with Crippen molar-refractivity contribution in [3.05, 3.63) is 59.7 Å². The first kappa shape index (κ1) is 19.0. The Morgan fingerprint density at radius 2 is 1.64 bits per heavy atom. The molecule has 0 bridgehead atoms. The van der Waals surface area contributed by atoms with Gasteiger partial charge in [0.1, 0.15) is 19.0 Å². The molecule has 0 aliphatic carbocycles. The van der Waals surface area contributed by atoms with Crippen LogP contribution in [-0.4, -0.2) is 46.0 Å². The normalized spacial score (nSPS) is 11.4. The van der Waals surface area contributed by atoms with E-state index in [0.29, 0.717) is 0 Å². The number of benzene rings is 2. The third-order valence-electron chi connectivity index (χ3n) is 3.54. The lowest BCUT2D eigenvalue weighted by molar-refractivity contribution is 0.0450. The molecule has 7 heteroatoms. The lowest BCUT2D eigenvalue weighted by atomic mass is 10.2. The first-order chi connectivity index (χ1) is 11.8. The van der Waals surface area contributed by atoms with E-state index in [1.807, 2.05) is 31.2 Å². The van der Waals surface area contributed by atoms with Gasteiger partial charge in [-0.25, -0.2) is 17.5 Å². The molecular formula is C18H21NO5S. The molecule has 0 heterocycles. The van der Waals surface area contributed by atoms with Crippen molar-refractivity contribution in [3.63, 3.8) is 0 Å². The molecule has 0 aromatic heterocycles. The van der Waals surface area contributed by atoms with Crippen LogP contribution < -0.4 is 4.74 Å². The van der Waals surface area contributed by atoms with Gasteiger partial charge in [-0.05, 0) is 42.8 Å². The highest BCUT2D eigenvalue weighted by Crippen LogP contribution is 2.16. The summed E-state index contributed by atoms with van der Waals surface area (Å²) in [6, 6.07) is 13.2. The monoisotopic (exact) mass is 363 g/mol. The summed E-state index contributed by atoms with van der Waals surface area (Å²) in [6.07, 6.45) is 0. The number of aryl methyl sites for hydroxylation is 1. The molecule has 0 radical (unpaired) electrons. The molecule has 2 rings (SSSR count). The van der Waals surface area contributed by atoms with Crippen LogP contribution in [0.5, 0.6) is 5.75 Å². The molecule has 0 aliphatic rings. The van der Waals surface area contributed by atoms with Gasteiger partial charge in [0.2, 0.25) is 10.0 Å². The quantitative estimate of drug-likeness (QED) is 0.558. The van der Waals surface area contributed by atoms with Gasteiger partial charge in [-0.2, -0.15) is 0 Å². The van der Waals surface area contributed by atoms with Gasteiger partial charge in [0.05, 0.1) is 10.5 Å². The Hall–Kier alpha value is -2.38. The molecule has 0 N–H and O–H groups in total. The van der Waals surface area contributed by atoms with Gasteiger partial charge >= 0.3 is 5.97 Å². The molecule has 0 spiro atoms. The molecule has 0 atom stereocenters. The summed E-state index contributed by atoms with van der Waals surface area (Å²) in [6.45, 7) is 2.28. The van der Waals surface area contributed by atoms with E-state index in [4.69, 9.17) is 9.47 Å². The van der Waals surface area contributed by atoms with E-state index in [0.717, 1.165) is 15.6 Å². The van der Waals surface area contributed by atoms with E-state index in [-0.39, 0.29) is 23.7 Å². The fourth-order valence-electron chi connectivity index (χ4n) is 2.06. The van der Waals surface area contributed by atoms with Gasteiger partial charge in [0.25, 0.3) is 0 Å². The molecule has 134 valence electrons. The SMILES string of the molecule is Cc1ccccc1OCCOC(=O)c1ccc(S(=O)(=O)N(C)C)cc1. The summed E-state index contributed by atoms with van der Waals surface area (Å²) in [5.74, 6) is 0.221. The smallest absolute Gasteiger partial charge is 0.338 e. The molecule has 25 heavy (non-hydrogen) atoms. The molecule has 0 aliphatic heterocycles. The number of para-hydroxylation sites is 1. The lowest BCUT2D eigenvalue weighted by Gasteiger charge is -2.12. The topological polar surface area (TPSA) is 72.9 Å². The van der Waals surface area contributed by atoms with Crippen molar-refractivity contribution in [2.75, 3.05) is 27.3 Å². The highest BCUT2D eigenvalue weighted by molar-refractivity contribution is 7.89.